The Kier molecular flexibility index (Phi) is 6.99. The van der Waals surface area contributed by atoms with Gasteiger partial charge in [-0.25, -0.2) is 5.01 Å². The highest BCUT2D eigenvalue weighted by molar-refractivity contribution is 6.31. The Morgan fingerprint density at radius 2 is 1.88 bits per heavy atom. The number of carbonyl (C=O) groups excluding carboxylic acids is 1. The van der Waals surface area contributed by atoms with E-state index in [0.717, 1.165) is 42.8 Å². The van der Waals surface area contributed by atoms with Gasteiger partial charge in [0, 0.05) is 23.0 Å². The summed E-state index contributed by atoms with van der Waals surface area (Å²) in [5.74, 6) is 0.0242. The highest BCUT2D eigenvalue weighted by Crippen LogP contribution is 2.37. The molecule has 0 radical (unpaired) electrons. The summed E-state index contributed by atoms with van der Waals surface area (Å²) < 4.78 is 0. The maximum atomic E-state index is 13.5. The zero-order chi connectivity index (χ0) is 22.8. The molecule has 0 bridgehead atoms. The van der Waals surface area contributed by atoms with Gasteiger partial charge in [0.1, 0.15) is 0 Å². The van der Waals surface area contributed by atoms with Gasteiger partial charge in [-0.05, 0) is 71.1 Å². The molecule has 0 N–H and O–H groups in total. The van der Waals surface area contributed by atoms with E-state index < -0.39 is 0 Å². The number of hydrogen-bond acceptors (Lipinski definition) is 4. The molecule has 1 amide bonds. The van der Waals surface area contributed by atoms with Crippen LogP contribution in [0.4, 0.5) is 0 Å². The number of rotatable bonds is 5. The van der Waals surface area contributed by atoms with Crippen LogP contribution in [-0.4, -0.2) is 66.2 Å². The van der Waals surface area contributed by atoms with Gasteiger partial charge in [-0.3, -0.25) is 9.69 Å². The van der Waals surface area contributed by atoms with Gasteiger partial charge in [0.2, 0.25) is 0 Å². The highest BCUT2D eigenvalue weighted by atomic mass is 35.5. The van der Waals surface area contributed by atoms with Gasteiger partial charge in [0.15, 0.2) is 0 Å². The number of benzene rings is 2. The Bertz CT molecular complexity index is 1010. The van der Waals surface area contributed by atoms with Crippen molar-refractivity contribution in [1.29, 1.82) is 0 Å². The third kappa shape index (κ3) is 4.90. The number of nitrogens with zero attached hydrogens (tertiary/aromatic N) is 4. The first-order valence-electron chi connectivity index (χ1n) is 11.4. The van der Waals surface area contributed by atoms with Gasteiger partial charge < -0.3 is 4.90 Å². The average Bonchev–Trinajstić information content (AvgIpc) is 3.19. The molecule has 5 nitrogen and oxygen atoms in total. The number of halogens is 1. The van der Waals surface area contributed by atoms with Crippen LogP contribution in [0.3, 0.4) is 0 Å². The maximum Gasteiger partial charge on any atom is 0.257 e. The fraction of sp³-hybridized carbons (Fsp3) is 0.462. The largest absolute Gasteiger partial charge is 0.306 e. The first-order chi connectivity index (χ1) is 15.3. The van der Waals surface area contributed by atoms with Gasteiger partial charge >= 0.3 is 0 Å². The second kappa shape index (κ2) is 9.74. The second-order valence-electron chi connectivity index (χ2n) is 9.29. The van der Waals surface area contributed by atoms with Gasteiger partial charge in [-0.2, -0.15) is 5.10 Å². The molecule has 0 spiro atoms. The summed E-state index contributed by atoms with van der Waals surface area (Å²) in [6, 6.07) is 14.4. The van der Waals surface area contributed by atoms with E-state index in [0.29, 0.717) is 24.0 Å². The van der Waals surface area contributed by atoms with E-state index in [-0.39, 0.29) is 11.9 Å². The van der Waals surface area contributed by atoms with Crippen LogP contribution in [0.25, 0.3) is 0 Å². The Labute approximate surface area is 196 Å². The molecular formula is C26H33ClN4O. The molecule has 2 aromatic rings. The van der Waals surface area contributed by atoms with E-state index in [2.05, 4.69) is 55.9 Å². The highest BCUT2D eigenvalue weighted by Gasteiger charge is 2.35. The van der Waals surface area contributed by atoms with Crippen LogP contribution in [0.2, 0.25) is 5.02 Å². The zero-order valence-electron chi connectivity index (χ0n) is 19.5. The van der Waals surface area contributed by atoms with E-state index in [4.69, 9.17) is 16.7 Å². The summed E-state index contributed by atoms with van der Waals surface area (Å²) in [6.45, 7) is 6.70. The first-order valence-corrected chi connectivity index (χ1v) is 11.8. The lowest BCUT2D eigenvalue weighted by Gasteiger charge is -2.35. The molecule has 0 saturated carbocycles. The SMILES string of the molecule is Cc1ccc(C2=NN(C(=O)CN(C)C3CCN(C)CC3)C(c3ccccc3Cl)C2)c(C)c1. The summed E-state index contributed by atoms with van der Waals surface area (Å²) in [7, 11) is 4.21. The van der Waals surface area contributed by atoms with Crippen molar-refractivity contribution in [2.75, 3.05) is 33.7 Å². The summed E-state index contributed by atoms with van der Waals surface area (Å²) >= 11 is 6.56. The number of likely N-dealkylation sites (tertiary alicyclic amines) is 1. The number of carbonyl (C=O) groups is 1. The van der Waals surface area contributed by atoms with Crippen LogP contribution in [-0.2, 0) is 4.79 Å². The van der Waals surface area contributed by atoms with Crippen LogP contribution in [0, 0.1) is 13.8 Å². The molecule has 1 saturated heterocycles. The van der Waals surface area contributed by atoms with E-state index in [1.807, 2.05) is 24.3 Å². The lowest BCUT2D eigenvalue weighted by Crippen LogP contribution is -2.46. The van der Waals surface area contributed by atoms with Crippen molar-refractivity contribution in [3.8, 4) is 0 Å². The Balaban J connectivity index is 1.59. The van der Waals surface area contributed by atoms with E-state index >= 15 is 0 Å². The fourth-order valence-corrected chi connectivity index (χ4v) is 5.14. The van der Waals surface area contributed by atoms with Crippen LogP contribution >= 0.6 is 11.6 Å². The number of aryl methyl sites for hydroxylation is 2. The predicted molar refractivity (Wildman–Crippen MR) is 131 cm³/mol. The van der Waals surface area contributed by atoms with Crippen LogP contribution in [0.15, 0.2) is 47.6 Å². The fourth-order valence-electron chi connectivity index (χ4n) is 4.88. The molecule has 32 heavy (non-hydrogen) atoms. The summed E-state index contributed by atoms with van der Waals surface area (Å²) in [5.41, 5.74) is 5.40. The molecule has 0 aromatic heterocycles. The summed E-state index contributed by atoms with van der Waals surface area (Å²) in [6.07, 6.45) is 2.84. The van der Waals surface area contributed by atoms with Crippen LogP contribution < -0.4 is 0 Å². The molecule has 2 heterocycles. The average molecular weight is 453 g/mol. The van der Waals surface area contributed by atoms with Gasteiger partial charge in [-0.15, -0.1) is 0 Å². The smallest absolute Gasteiger partial charge is 0.257 e. The van der Waals surface area contributed by atoms with Gasteiger partial charge in [0.25, 0.3) is 5.91 Å². The third-order valence-corrected chi connectivity index (χ3v) is 7.16. The minimum Gasteiger partial charge on any atom is -0.306 e. The Morgan fingerprint density at radius 1 is 1.16 bits per heavy atom. The Hall–Kier alpha value is -2.21. The lowest BCUT2D eigenvalue weighted by atomic mass is 9.95. The van der Waals surface area contributed by atoms with Gasteiger partial charge in [-0.1, -0.05) is 53.6 Å². The topological polar surface area (TPSA) is 39.2 Å². The number of likely N-dealkylation sites (N-methyl/N-ethyl adjacent to an activating group) is 1. The number of piperidine rings is 1. The summed E-state index contributed by atoms with van der Waals surface area (Å²) in [5, 5.41) is 7.22. The van der Waals surface area contributed by atoms with Crippen molar-refractivity contribution in [2.45, 2.75) is 45.2 Å². The molecule has 1 unspecified atom stereocenters. The molecular weight excluding hydrogens is 420 g/mol. The predicted octanol–water partition coefficient (Wildman–Crippen LogP) is 4.66. The van der Waals surface area contributed by atoms with Crippen LogP contribution in [0.5, 0.6) is 0 Å². The minimum atomic E-state index is -0.183. The standard InChI is InChI=1S/C26H33ClN4O/c1-18-9-10-21(19(2)15-18)24-16-25(22-7-5-6-8-23(22)27)31(28-24)26(32)17-30(4)20-11-13-29(3)14-12-20/h5-10,15,20,25H,11-14,16-17H2,1-4H3. The molecule has 0 aliphatic carbocycles. The number of hydrazone groups is 1. The van der Waals surface area contributed by atoms with Crippen molar-refractivity contribution in [3.05, 3.63) is 69.7 Å². The molecule has 2 aliphatic rings. The molecule has 4 rings (SSSR count). The van der Waals surface area contributed by atoms with E-state index in [1.165, 1.54) is 11.1 Å². The second-order valence-corrected chi connectivity index (χ2v) is 9.70. The Morgan fingerprint density at radius 3 is 2.56 bits per heavy atom. The normalized spacial score (nSPS) is 20.1. The maximum absolute atomic E-state index is 13.5. The van der Waals surface area contributed by atoms with Crippen molar-refractivity contribution in [3.63, 3.8) is 0 Å². The van der Waals surface area contributed by atoms with Crippen molar-refractivity contribution < 1.29 is 4.79 Å². The quantitative estimate of drug-likeness (QED) is 0.662. The summed E-state index contributed by atoms with van der Waals surface area (Å²) in [4.78, 5) is 18.0. The lowest BCUT2D eigenvalue weighted by molar-refractivity contribution is -0.134. The molecule has 2 aromatic carbocycles. The number of amides is 1. The number of hydrogen-bond donors (Lipinski definition) is 0. The molecule has 1 atom stereocenters. The van der Waals surface area contributed by atoms with E-state index in [9.17, 15) is 4.79 Å². The van der Waals surface area contributed by atoms with E-state index in [1.54, 1.807) is 5.01 Å². The van der Waals surface area contributed by atoms with Crippen molar-refractivity contribution in [2.24, 2.45) is 5.10 Å². The third-order valence-electron chi connectivity index (χ3n) is 6.82. The van der Waals surface area contributed by atoms with Crippen molar-refractivity contribution in [1.82, 2.24) is 14.8 Å². The monoisotopic (exact) mass is 452 g/mol. The minimum absolute atomic E-state index is 0.0242. The van der Waals surface area contributed by atoms with Crippen LogP contribution in [0.1, 0.15) is 47.6 Å². The zero-order valence-corrected chi connectivity index (χ0v) is 20.3. The molecule has 2 aliphatic heterocycles. The van der Waals surface area contributed by atoms with Crippen molar-refractivity contribution >= 4 is 23.2 Å². The first kappa shape index (κ1) is 23.0. The van der Waals surface area contributed by atoms with Gasteiger partial charge in [0.05, 0.1) is 18.3 Å². The molecule has 170 valence electrons. The molecule has 6 heteroatoms. The molecule has 1 fully saturated rings.